The van der Waals surface area contributed by atoms with Crippen molar-refractivity contribution in [3.63, 3.8) is 0 Å². The molecule has 0 spiro atoms. The Kier molecular flexibility index (Phi) is 5.13. The van der Waals surface area contributed by atoms with Crippen LogP contribution in [0.25, 0.3) is 0 Å². The largest absolute Gasteiger partial charge is 0.485 e. The van der Waals surface area contributed by atoms with Gasteiger partial charge in [-0.15, -0.1) is 0 Å². The van der Waals surface area contributed by atoms with Gasteiger partial charge in [0.05, 0.1) is 0 Å². The quantitative estimate of drug-likeness (QED) is 0.829. The lowest BCUT2D eigenvalue weighted by Gasteiger charge is -2.25. The topological polar surface area (TPSA) is 76.7 Å². The third kappa shape index (κ3) is 4.47. The van der Waals surface area contributed by atoms with Crippen LogP contribution < -0.4 is 20.3 Å². The molecule has 7 heteroatoms. The number of hydrazine groups is 1. The van der Waals surface area contributed by atoms with Crippen molar-refractivity contribution in [1.29, 1.82) is 0 Å². The van der Waals surface area contributed by atoms with Crippen LogP contribution in [0.4, 0.5) is 4.39 Å². The number of amides is 2. The van der Waals surface area contributed by atoms with Crippen LogP contribution >= 0.6 is 0 Å². The Bertz CT molecular complexity index is 764. The number of carbonyl (C=O) groups excluding carboxylic acids is 2. The average Bonchev–Trinajstić information content (AvgIpc) is 2.65. The molecule has 2 amide bonds. The second kappa shape index (κ2) is 7.65. The van der Waals surface area contributed by atoms with E-state index in [0.29, 0.717) is 17.9 Å². The van der Waals surface area contributed by atoms with Crippen molar-refractivity contribution in [3.8, 4) is 11.5 Å². The van der Waals surface area contributed by atoms with E-state index in [-0.39, 0.29) is 24.8 Å². The highest BCUT2D eigenvalue weighted by Crippen LogP contribution is 2.30. The maximum absolute atomic E-state index is 12.8. The lowest BCUT2D eigenvalue weighted by molar-refractivity contribution is -0.135. The molecule has 1 atom stereocenters. The van der Waals surface area contributed by atoms with E-state index in [0.717, 1.165) is 5.56 Å². The smallest absolute Gasteiger partial charge is 0.283 e. The van der Waals surface area contributed by atoms with Crippen molar-refractivity contribution >= 4 is 11.8 Å². The summed E-state index contributed by atoms with van der Waals surface area (Å²) in [6, 6.07) is 13.0. The molecule has 3 rings (SSSR count). The zero-order valence-electron chi connectivity index (χ0n) is 13.3. The zero-order valence-corrected chi connectivity index (χ0v) is 13.3. The second-order valence-electron chi connectivity index (χ2n) is 5.53. The molecule has 0 saturated carbocycles. The minimum atomic E-state index is -0.840. The maximum Gasteiger partial charge on any atom is 0.283 e. The molecule has 1 aliphatic rings. The molecule has 2 aromatic carbocycles. The standard InChI is InChI=1S/C18H17FN2O4/c19-13-8-5-12(6-9-13)7-10-17(22)20-21-18(23)16-11-24-14-3-1-2-4-15(14)25-16/h1-6,8-9,16H,7,10-11H2,(H,20,22)(H,21,23). The van der Waals surface area contributed by atoms with Gasteiger partial charge < -0.3 is 9.47 Å². The second-order valence-corrected chi connectivity index (χ2v) is 5.53. The summed E-state index contributed by atoms with van der Waals surface area (Å²) in [4.78, 5) is 23.8. The van der Waals surface area contributed by atoms with E-state index in [4.69, 9.17) is 9.47 Å². The molecule has 0 bridgehead atoms. The third-order valence-electron chi connectivity index (χ3n) is 3.68. The summed E-state index contributed by atoms with van der Waals surface area (Å²) >= 11 is 0. The first-order valence-electron chi connectivity index (χ1n) is 7.83. The fraction of sp³-hybridized carbons (Fsp3) is 0.222. The summed E-state index contributed by atoms with van der Waals surface area (Å²) in [6.45, 7) is 0.0638. The summed E-state index contributed by atoms with van der Waals surface area (Å²) in [5, 5.41) is 0. The van der Waals surface area contributed by atoms with Crippen molar-refractivity contribution in [3.05, 3.63) is 59.9 Å². The summed E-state index contributed by atoms with van der Waals surface area (Å²) < 4.78 is 23.8. The van der Waals surface area contributed by atoms with Crippen molar-refractivity contribution in [2.24, 2.45) is 0 Å². The van der Waals surface area contributed by atoms with Crippen LogP contribution in [0.1, 0.15) is 12.0 Å². The molecule has 0 fully saturated rings. The number of benzene rings is 2. The highest BCUT2D eigenvalue weighted by molar-refractivity contribution is 5.85. The molecule has 0 aliphatic carbocycles. The number of para-hydroxylation sites is 2. The van der Waals surface area contributed by atoms with Crippen molar-refractivity contribution in [2.75, 3.05) is 6.61 Å². The van der Waals surface area contributed by atoms with E-state index in [1.807, 2.05) is 6.07 Å². The summed E-state index contributed by atoms with van der Waals surface area (Å²) in [7, 11) is 0. The summed E-state index contributed by atoms with van der Waals surface area (Å²) in [5.74, 6) is -0.109. The SMILES string of the molecule is O=C(CCc1ccc(F)cc1)NNC(=O)C1COc2ccccc2O1. The lowest BCUT2D eigenvalue weighted by atomic mass is 10.1. The van der Waals surface area contributed by atoms with Crippen molar-refractivity contribution in [1.82, 2.24) is 10.9 Å². The normalized spacial score (nSPS) is 15.3. The number of hydrogen-bond donors (Lipinski definition) is 2. The van der Waals surface area contributed by atoms with Crippen molar-refractivity contribution < 1.29 is 23.5 Å². The van der Waals surface area contributed by atoms with Gasteiger partial charge in [-0.25, -0.2) is 4.39 Å². The number of rotatable bonds is 4. The monoisotopic (exact) mass is 344 g/mol. The summed E-state index contributed by atoms with van der Waals surface area (Å²) in [5.41, 5.74) is 5.50. The Morgan fingerprint density at radius 3 is 2.52 bits per heavy atom. The fourth-order valence-electron chi connectivity index (χ4n) is 2.33. The van der Waals surface area contributed by atoms with Gasteiger partial charge >= 0.3 is 0 Å². The Balaban J connectivity index is 1.43. The molecule has 2 aromatic rings. The minimum Gasteiger partial charge on any atom is -0.485 e. The Morgan fingerprint density at radius 1 is 1.04 bits per heavy atom. The number of hydrogen-bond acceptors (Lipinski definition) is 4. The van der Waals surface area contributed by atoms with Crippen LogP contribution in [0, 0.1) is 5.82 Å². The van der Waals surface area contributed by atoms with Crippen LogP contribution in [0.5, 0.6) is 11.5 Å². The number of halogens is 1. The minimum absolute atomic E-state index is 0.0638. The number of fused-ring (bicyclic) bond motifs is 1. The zero-order chi connectivity index (χ0) is 17.6. The van der Waals surface area contributed by atoms with E-state index < -0.39 is 12.0 Å². The first-order chi connectivity index (χ1) is 12.1. The van der Waals surface area contributed by atoms with Gasteiger partial charge in [0.25, 0.3) is 5.91 Å². The molecule has 1 aliphatic heterocycles. The molecule has 6 nitrogen and oxygen atoms in total. The van der Waals surface area contributed by atoms with Gasteiger partial charge in [-0.1, -0.05) is 24.3 Å². The first-order valence-corrected chi connectivity index (χ1v) is 7.83. The van der Waals surface area contributed by atoms with Gasteiger partial charge in [0.2, 0.25) is 12.0 Å². The molecule has 25 heavy (non-hydrogen) atoms. The van der Waals surface area contributed by atoms with Gasteiger partial charge in [-0.05, 0) is 36.2 Å². The molecule has 2 N–H and O–H groups in total. The Hall–Kier alpha value is -3.09. The predicted octanol–water partition coefficient (Wildman–Crippen LogP) is 1.75. The van der Waals surface area contributed by atoms with Crippen LogP contribution in [0.3, 0.4) is 0 Å². The van der Waals surface area contributed by atoms with Gasteiger partial charge in [0.15, 0.2) is 11.5 Å². The number of aryl methyl sites for hydroxylation is 1. The van der Waals surface area contributed by atoms with Crippen LogP contribution in [0.15, 0.2) is 48.5 Å². The van der Waals surface area contributed by atoms with E-state index in [1.54, 1.807) is 30.3 Å². The van der Waals surface area contributed by atoms with Gasteiger partial charge in [-0.3, -0.25) is 20.4 Å². The summed E-state index contributed by atoms with van der Waals surface area (Å²) in [6.07, 6.45) is -0.234. The fourth-order valence-corrected chi connectivity index (χ4v) is 2.33. The number of nitrogens with one attached hydrogen (secondary N) is 2. The molecule has 130 valence electrons. The molecular weight excluding hydrogens is 327 g/mol. The van der Waals surface area contributed by atoms with E-state index >= 15 is 0 Å². The number of ether oxygens (including phenoxy) is 2. The van der Waals surface area contributed by atoms with Crippen LogP contribution in [-0.2, 0) is 16.0 Å². The Morgan fingerprint density at radius 2 is 1.76 bits per heavy atom. The molecule has 0 saturated heterocycles. The molecule has 1 unspecified atom stereocenters. The van der Waals surface area contributed by atoms with E-state index in [1.165, 1.54) is 12.1 Å². The number of carbonyl (C=O) groups is 2. The highest BCUT2D eigenvalue weighted by atomic mass is 19.1. The highest BCUT2D eigenvalue weighted by Gasteiger charge is 2.27. The van der Waals surface area contributed by atoms with Crippen LogP contribution in [-0.4, -0.2) is 24.5 Å². The van der Waals surface area contributed by atoms with Crippen LogP contribution in [0.2, 0.25) is 0 Å². The van der Waals surface area contributed by atoms with Gasteiger partial charge in [0.1, 0.15) is 12.4 Å². The maximum atomic E-state index is 12.8. The van der Waals surface area contributed by atoms with Gasteiger partial charge in [-0.2, -0.15) is 0 Å². The molecule has 0 radical (unpaired) electrons. The predicted molar refractivity (Wildman–Crippen MR) is 87.4 cm³/mol. The van der Waals surface area contributed by atoms with Gasteiger partial charge in [0, 0.05) is 6.42 Å². The molecular formula is C18H17FN2O4. The third-order valence-corrected chi connectivity index (χ3v) is 3.68. The molecule has 0 aromatic heterocycles. The first kappa shape index (κ1) is 16.8. The Labute approximate surface area is 143 Å². The average molecular weight is 344 g/mol. The van der Waals surface area contributed by atoms with E-state index in [2.05, 4.69) is 10.9 Å². The molecule has 1 heterocycles. The lowest BCUT2D eigenvalue weighted by Crippen LogP contribution is -2.50. The van der Waals surface area contributed by atoms with Crippen molar-refractivity contribution in [2.45, 2.75) is 18.9 Å². The van der Waals surface area contributed by atoms with E-state index in [9.17, 15) is 14.0 Å².